The molecule has 0 aromatic rings. The van der Waals surface area contributed by atoms with E-state index in [0.29, 0.717) is 13.8 Å². The Labute approximate surface area is 85.2 Å². The van der Waals surface area contributed by atoms with E-state index in [1.54, 1.807) is 0 Å². The Bertz CT molecular complexity index is 386. The van der Waals surface area contributed by atoms with Crippen LogP contribution in [0.1, 0.15) is 13.8 Å². The van der Waals surface area contributed by atoms with Crippen molar-refractivity contribution in [2.75, 3.05) is 0 Å². The van der Waals surface area contributed by atoms with Gasteiger partial charge in [0.05, 0.1) is 0 Å². The SMILES string of the molecule is CC(C)(F)S(=O)(=O)PS(=O)(=O)C(F)(F)F. The first-order chi connectivity index (χ1) is 6.21. The second-order valence-corrected chi connectivity index (χ2v) is 11.7. The Morgan fingerprint density at radius 3 is 1.40 bits per heavy atom. The fourth-order valence-corrected chi connectivity index (χ4v) is 7.85. The quantitative estimate of drug-likeness (QED) is 0.584. The topological polar surface area (TPSA) is 68.3 Å². The van der Waals surface area contributed by atoms with Gasteiger partial charge in [0.2, 0.25) is 14.5 Å². The minimum atomic E-state index is -5.84. The summed E-state index contributed by atoms with van der Waals surface area (Å²) >= 11 is 0. The standard InChI is InChI=1S/C4H7F4O4PS2/c1-3(2,5)14(9,10)13-15(11,12)4(6,7)8/h13H,1-2H3. The molecule has 11 heteroatoms. The summed E-state index contributed by atoms with van der Waals surface area (Å²) in [7, 11) is -10.8. The van der Waals surface area contributed by atoms with Crippen molar-refractivity contribution in [2.45, 2.75) is 24.4 Å². The fourth-order valence-electron chi connectivity index (χ4n) is 0.291. The van der Waals surface area contributed by atoms with Crippen molar-refractivity contribution in [1.82, 2.24) is 0 Å². The molecule has 1 atom stereocenters. The second-order valence-electron chi connectivity index (χ2n) is 2.90. The summed E-state index contributed by atoms with van der Waals surface area (Å²) in [5.41, 5.74) is -5.69. The first kappa shape index (κ1) is 15.0. The van der Waals surface area contributed by atoms with E-state index in [0.717, 1.165) is 0 Å². The van der Waals surface area contributed by atoms with Crippen molar-refractivity contribution in [2.24, 2.45) is 0 Å². The third-order valence-electron chi connectivity index (χ3n) is 1.16. The molecular weight excluding hydrogens is 283 g/mol. The second kappa shape index (κ2) is 3.81. The van der Waals surface area contributed by atoms with Crippen LogP contribution in [0.5, 0.6) is 0 Å². The lowest BCUT2D eigenvalue weighted by Gasteiger charge is -2.15. The van der Waals surface area contributed by atoms with Crippen molar-refractivity contribution >= 4 is 25.9 Å². The van der Waals surface area contributed by atoms with Crippen LogP contribution in [0.2, 0.25) is 0 Å². The molecule has 0 fully saturated rings. The highest BCUT2D eigenvalue weighted by Crippen LogP contribution is 2.45. The normalized spacial score (nSPS) is 16.1. The van der Waals surface area contributed by atoms with Crippen molar-refractivity contribution < 1.29 is 34.4 Å². The summed E-state index contributed by atoms with van der Waals surface area (Å²) in [6.45, 7) is -1.62. The van der Waals surface area contributed by atoms with Crippen LogP contribution < -0.4 is 0 Å². The van der Waals surface area contributed by atoms with Crippen LogP contribution in [0.3, 0.4) is 0 Å². The van der Waals surface area contributed by atoms with Gasteiger partial charge in [-0.25, -0.2) is 21.2 Å². The maximum atomic E-state index is 12.9. The van der Waals surface area contributed by atoms with E-state index in [1.807, 2.05) is 0 Å². The Hall–Kier alpha value is 0.0500. The van der Waals surface area contributed by atoms with E-state index in [-0.39, 0.29) is 0 Å². The minimum absolute atomic E-state index is 0.473. The molecule has 0 aliphatic carbocycles. The molecule has 0 N–H and O–H groups in total. The first-order valence-corrected chi connectivity index (χ1v) is 8.65. The summed E-state index contributed by atoms with van der Waals surface area (Å²) in [4.78, 5) is 0. The average Bonchev–Trinajstić information content (AvgIpc) is 1.77. The van der Waals surface area contributed by atoms with Crippen molar-refractivity contribution in [3.63, 3.8) is 0 Å². The van der Waals surface area contributed by atoms with Gasteiger partial charge in [-0.3, -0.25) is 0 Å². The van der Waals surface area contributed by atoms with Gasteiger partial charge in [0.15, 0.2) is 0 Å². The molecule has 0 rings (SSSR count). The molecule has 0 bridgehead atoms. The summed E-state index contributed by atoms with van der Waals surface area (Å²) in [6, 6.07) is 0. The third kappa shape index (κ3) is 3.53. The van der Waals surface area contributed by atoms with Gasteiger partial charge in [0, 0.05) is 0 Å². The lowest BCUT2D eigenvalue weighted by molar-refractivity contribution is -0.0411. The highest BCUT2D eigenvalue weighted by atomic mass is 33.1. The van der Waals surface area contributed by atoms with E-state index in [2.05, 4.69) is 0 Å². The lowest BCUT2D eigenvalue weighted by Crippen LogP contribution is -2.27. The van der Waals surface area contributed by atoms with E-state index < -0.39 is 36.4 Å². The van der Waals surface area contributed by atoms with Crippen molar-refractivity contribution in [3.8, 4) is 0 Å². The molecular formula is C4H7F4O4PS2. The van der Waals surface area contributed by atoms with Gasteiger partial charge in [-0.15, -0.1) is 0 Å². The molecule has 15 heavy (non-hydrogen) atoms. The van der Waals surface area contributed by atoms with E-state index in [9.17, 15) is 34.4 Å². The van der Waals surface area contributed by atoms with Crippen LogP contribution in [0.25, 0.3) is 0 Å². The van der Waals surface area contributed by atoms with Crippen LogP contribution in [-0.2, 0) is 18.9 Å². The molecule has 0 aromatic heterocycles. The largest absolute Gasteiger partial charge is 0.501 e. The smallest absolute Gasteiger partial charge is 0.227 e. The monoisotopic (exact) mass is 290 g/mol. The predicted molar refractivity (Wildman–Crippen MR) is 47.4 cm³/mol. The van der Waals surface area contributed by atoms with E-state index in [4.69, 9.17) is 0 Å². The number of hydrogen-bond donors (Lipinski definition) is 0. The van der Waals surface area contributed by atoms with Crippen molar-refractivity contribution in [3.05, 3.63) is 0 Å². The molecule has 0 spiro atoms. The fraction of sp³-hybridized carbons (Fsp3) is 1.00. The molecule has 0 aromatic carbocycles. The molecule has 0 heterocycles. The van der Waals surface area contributed by atoms with Gasteiger partial charge in [-0.2, -0.15) is 13.2 Å². The Balaban J connectivity index is 5.28. The zero-order chi connectivity index (χ0) is 12.7. The number of alkyl halides is 4. The molecule has 0 saturated carbocycles. The zero-order valence-corrected chi connectivity index (χ0v) is 10.1. The molecule has 0 saturated heterocycles. The highest BCUT2D eigenvalue weighted by molar-refractivity contribution is 8.76. The summed E-state index contributed by atoms with van der Waals surface area (Å²) in [5.74, 6) is 0. The van der Waals surface area contributed by atoms with Gasteiger partial charge in [0.1, 0.15) is 6.98 Å². The summed E-state index contributed by atoms with van der Waals surface area (Å²) in [6.07, 6.45) is 0. The van der Waals surface area contributed by atoms with Gasteiger partial charge in [0.25, 0.3) is 9.46 Å². The molecule has 0 amide bonds. The molecule has 92 valence electrons. The van der Waals surface area contributed by atoms with Gasteiger partial charge in [-0.05, 0) is 13.8 Å². The van der Waals surface area contributed by atoms with Gasteiger partial charge >= 0.3 is 5.51 Å². The number of rotatable bonds is 3. The summed E-state index contributed by atoms with van der Waals surface area (Å²) < 4.78 is 90.9. The van der Waals surface area contributed by atoms with Crippen LogP contribution in [0.4, 0.5) is 17.6 Å². The minimum Gasteiger partial charge on any atom is -0.227 e. The Morgan fingerprint density at radius 1 is 0.867 bits per heavy atom. The van der Waals surface area contributed by atoms with Crippen molar-refractivity contribution in [1.29, 1.82) is 0 Å². The highest BCUT2D eigenvalue weighted by Gasteiger charge is 2.51. The first-order valence-electron chi connectivity index (χ1n) is 3.24. The average molecular weight is 290 g/mol. The lowest BCUT2D eigenvalue weighted by atomic mass is 10.5. The van der Waals surface area contributed by atoms with Crippen LogP contribution in [0, 0.1) is 0 Å². The van der Waals surface area contributed by atoms with Gasteiger partial charge < -0.3 is 0 Å². The maximum Gasteiger partial charge on any atom is 0.501 e. The maximum absolute atomic E-state index is 12.9. The van der Waals surface area contributed by atoms with Crippen LogP contribution >= 0.6 is 6.98 Å². The van der Waals surface area contributed by atoms with Crippen LogP contribution in [-0.4, -0.2) is 27.3 Å². The predicted octanol–water partition coefficient (Wildman–Crippen LogP) is 1.55. The summed E-state index contributed by atoms with van der Waals surface area (Å²) in [5, 5.41) is -3.02. The molecule has 0 aliphatic heterocycles. The Kier molecular flexibility index (Phi) is 3.83. The molecule has 1 unspecified atom stereocenters. The molecule has 0 aliphatic rings. The molecule has 0 radical (unpaired) electrons. The number of halogens is 4. The number of hydrogen-bond acceptors (Lipinski definition) is 4. The van der Waals surface area contributed by atoms with Gasteiger partial charge in [-0.1, -0.05) is 0 Å². The Morgan fingerprint density at radius 2 is 1.20 bits per heavy atom. The van der Waals surface area contributed by atoms with E-state index in [1.165, 1.54) is 0 Å². The zero-order valence-electron chi connectivity index (χ0n) is 7.46. The van der Waals surface area contributed by atoms with E-state index >= 15 is 0 Å². The van der Waals surface area contributed by atoms with Crippen LogP contribution in [0.15, 0.2) is 0 Å². The third-order valence-corrected chi connectivity index (χ3v) is 10.9. The molecule has 4 nitrogen and oxygen atoms in total.